The van der Waals surface area contributed by atoms with Crippen LogP contribution in [0.4, 0.5) is 13.2 Å². The monoisotopic (exact) mass is 183 g/mol. The molecule has 0 aromatic rings. The minimum atomic E-state index is -4.36. The maximum atomic E-state index is 11.9. The normalized spacial score (nSPS) is 35.8. The zero-order chi connectivity index (χ0) is 9.52. The van der Waals surface area contributed by atoms with Crippen molar-refractivity contribution in [1.82, 2.24) is 0 Å². The highest BCUT2D eigenvalue weighted by molar-refractivity contribution is 5.72. The topological polar surface area (TPSA) is 63.3 Å². The number of rotatable bonds is 1. The van der Waals surface area contributed by atoms with Crippen LogP contribution in [-0.4, -0.2) is 23.3 Å². The highest BCUT2D eigenvalue weighted by atomic mass is 19.4. The van der Waals surface area contributed by atoms with Crippen molar-refractivity contribution in [1.29, 1.82) is 0 Å². The van der Waals surface area contributed by atoms with Gasteiger partial charge in [0.1, 0.15) is 0 Å². The van der Waals surface area contributed by atoms with Crippen LogP contribution in [0.25, 0.3) is 0 Å². The predicted molar refractivity (Wildman–Crippen MR) is 33.3 cm³/mol. The SMILES string of the molecule is N[C@@H]1[C@@H](C(=O)O)C[C@H]1C(F)(F)F. The highest BCUT2D eigenvalue weighted by Crippen LogP contribution is 2.43. The van der Waals surface area contributed by atoms with E-state index in [2.05, 4.69) is 0 Å². The van der Waals surface area contributed by atoms with Crippen LogP contribution in [0, 0.1) is 11.8 Å². The molecule has 0 amide bonds. The van der Waals surface area contributed by atoms with E-state index in [0.717, 1.165) is 0 Å². The van der Waals surface area contributed by atoms with Gasteiger partial charge in [-0.1, -0.05) is 0 Å². The van der Waals surface area contributed by atoms with E-state index >= 15 is 0 Å². The third-order valence-electron chi connectivity index (χ3n) is 2.17. The lowest BCUT2D eigenvalue weighted by atomic mass is 9.70. The van der Waals surface area contributed by atoms with Crippen molar-refractivity contribution in [2.24, 2.45) is 17.6 Å². The number of nitrogens with two attached hydrogens (primary N) is 1. The van der Waals surface area contributed by atoms with E-state index in [1.165, 1.54) is 0 Å². The van der Waals surface area contributed by atoms with Crippen LogP contribution in [0.15, 0.2) is 0 Å². The van der Waals surface area contributed by atoms with Gasteiger partial charge in [0.2, 0.25) is 0 Å². The van der Waals surface area contributed by atoms with Gasteiger partial charge in [-0.3, -0.25) is 4.79 Å². The third-order valence-corrected chi connectivity index (χ3v) is 2.17. The Kier molecular flexibility index (Phi) is 2.03. The molecule has 0 spiro atoms. The first-order valence-corrected chi connectivity index (χ1v) is 3.39. The lowest BCUT2D eigenvalue weighted by Gasteiger charge is -2.40. The molecule has 0 aromatic carbocycles. The first kappa shape index (κ1) is 9.31. The quantitative estimate of drug-likeness (QED) is 0.625. The maximum absolute atomic E-state index is 11.9. The molecular weight excluding hydrogens is 175 g/mol. The molecule has 6 heteroatoms. The van der Waals surface area contributed by atoms with Crippen molar-refractivity contribution in [3.63, 3.8) is 0 Å². The molecule has 1 aliphatic carbocycles. The van der Waals surface area contributed by atoms with Crippen molar-refractivity contribution in [3.8, 4) is 0 Å². The summed E-state index contributed by atoms with van der Waals surface area (Å²) in [7, 11) is 0. The van der Waals surface area contributed by atoms with Crippen LogP contribution in [0.5, 0.6) is 0 Å². The van der Waals surface area contributed by atoms with Crippen molar-refractivity contribution in [2.45, 2.75) is 18.6 Å². The van der Waals surface area contributed by atoms with E-state index in [4.69, 9.17) is 10.8 Å². The molecule has 0 aromatic heterocycles. The fraction of sp³-hybridized carbons (Fsp3) is 0.833. The van der Waals surface area contributed by atoms with Crippen molar-refractivity contribution < 1.29 is 23.1 Å². The molecule has 0 heterocycles. The largest absolute Gasteiger partial charge is 0.481 e. The van der Waals surface area contributed by atoms with Gasteiger partial charge in [-0.15, -0.1) is 0 Å². The Morgan fingerprint density at radius 3 is 2.25 bits per heavy atom. The molecule has 0 unspecified atom stereocenters. The van der Waals surface area contributed by atoms with Crippen molar-refractivity contribution >= 4 is 5.97 Å². The van der Waals surface area contributed by atoms with E-state index in [0.29, 0.717) is 0 Å². The standard InChI is InChI=1S/C6H8F3NO2/c7-6(8,9)3-1-2(4(3)10)5(11)12/h2-4H,1,10H2,(H,11,12)/t2-,3+,4+/m0/s1. The Morgan fingerprint density at radius 2 is 2.00 bits per heavy atom. The highest BCUT2D eigenvalue weighted by Gasteiger charge is 2.56. The first-order chi connectivity index (χ1) is 5.34. The number of carboxylic acid groups (broad SMARTS) is 1. The van der Waals surface area contributed by atoms with E-state index in [1.54, 1.807) is 0 Å². The molecule has 3 N–H and O–H groups in total. The zero-order valence-electron chi connectivity index (χ0n) is 6.01. The smallest absolute Gasteiger partial charge is 0.393 e. The Labute approximate surface area is 66.4 Å². The molecule has 1 saturated carbocycles. The Hall–Kier alpha value is -0.780. The molecule has 0 bridgehead atoms. The lowest BCUT2D eigenvalue weighted by Crippen LogP contribution is -2.57. The van der Waals surface area contributed by atoms with E-state index in [-0.39, 0.29) is 6.42 Å². The van der Waals surface area contributed by atoms with Gasteiger partial charge < -0.3 is 10.8 Å². The summed E-state index contributed by atoms with van der Waals surface area (Å²) in [6, 6.07) is -1.28. The first-order valence-electron chi connectivity index (χ1n) is 3.39. The van der Waals surface area contributed by atoms with Crippen LogP contribution in [0.2, 0.25) is 0 Å². The number of hydrogen-bond acceptors (Lipinski definition) is 2. The number of carboxylic acids is 1. The van der Waals surface area contributed by atoms with E-state index < -0.39 is 30.0 Å². The minimum absolute atomic E-state index is 0.389. The van der Waals surface area contributed by atoms with Crippen LogP contribution in [-0.2, 0) is 4.79 Å². The van der Waals surface area contributed by atoms with Crippen molar-refractivity contribution in [3.05, 3.63) is 0 Å². The fourth-order valence-electron chi connectivity index (χ4n) is 1.29. The number of carbonyl (C=O) groups is 1. The molecule has 3 nitrogen and oxygen atoms in total. The van der Waals surface area contributed by atoms with Crippen LogP contribution in [0.1, 0.15) is 6.42 Å². The molecule has 12 heavy (non-hydrogen) atoms. The molecule has 3 atom stereocenters. The number of alkyl halides is 3. The van der Waals surface area contributed by atoms with Gasteiger partial charge in [0.25, 0.3) is 0 Å². The Bertz CT molecular complexity index is 203. The van der Waals surface area contributed by atoms with Gasteiger partial charge >= 0.3 is 12.1 Å². The molecule has 1 aliphatic rings. The Balaban J connectivity index is 2.55. The average Bonchev–Trinajstić information content (AvgIpc) is 1.80. The fourth-order valence-corrected chi connectivity index (χ4v) is 1.29. The van der Waals surface area contributed by atoms with E-state index in [1.807, 2.05) is 0 Å². The molecule has 0 saturated heterocycles. The summed E-state index contributed by atoms with van der Waals surface area (Å²) in [6.45, 7) is 0. The second-order valence-corrected chi connectivity index (χ2v) is 2.91. The number of aliphatic carboxylic acids is 1. The molecule has 1 rings (SSSR count). The van der Waals surface area contributed by atoms with Gasteiger partial charge in [0.15, 0.2) is 0 Å². The summed E-state index contributed by atoms with van der Waals surface area (Å²) in [5.41, 5.74) is 5.05. The van der Waals surface area contributed by atoms with Gasteiger partial charge in [-0.05, 0) is 6.42 Å². The summed E-state index contributed by atoms with van der Waals surface area (Å²) in [4.78, 5) is 10.2. The summed E-state index contributed by atoms with van der Waals surface area (Å²) < 4.78 is 35.7. The lowest BCUT2D eigenvalue weighted by molar-refractivity contribution is -0.214. The number of halogens is 3. The molecular formula is C6H8F3NO2. The van der Waals surface area contributed by atoms with Crippen LogP contribution >= 0.6 is 0 Å². The summed E-state index contributed by atoms with van der Waals surface area (Å²) in [5.74, 6) is -3.92. The summed E-state index contributed by atoms with van der Waals surface area (Å²) >= 11 is 0. The number of hydrogen-bond donors (Lipinski definition) is 2. The van der Waals surface area contributed by atoms with Gasteiger partial charge in [0, 0.05) is 6.04 Å². The third kappa shape index (κ3) is 1.38. The van der Waals surface area contributed by atoms with Crippen molar-refractivity contribution in [2.75, 3.05) is 0 Å². The average molecular weight is 183 g/mol. The second-order valence-electron chi connectivity index (χ2n) is 2.91. The Morgan fingerprint density at radius 1 is 1.50 bits per heavy atom. The summed E-state index contributed by atoms with van der Waals surface area (Å²) in [6.07, 6.45) is -4.74. The van der Waals surface area contributed by atoms with E-state index in [9.17, 15) is 18.0 Å². The van der Waals surface area contributed by atoms with Crippen LogP contribution in [0.3, 0.4) is 0 Å². The molecule has 0 aliphatic heterocycles. The summed E-state index contributed by atoms with van der Waals surface area (Å²) in [5, 5.41) is 8.34. The molecule has 1 fully saturated rings. The van der Waals surface area contributed by atoms with Gasteiger partial charge in [-0.2, -0.15) is 13.2 Å². The second kappa shape index (κ2) is 2.62. The predicted octanol–water partition coefficient (Wildman–Crippen LogP) is 0.597. The maximum Gasteiger partial charge on any atom is 0.393 e. The van der Waals surface area contributed by atoms with Crippen LogP contribution < -0.4 is 5.73 Å². The zero-order valence-corrected chi connectivity index (χ0v) is 6.01. The van der Waals surface area contributed by atoms with Gasteiger partial charge in [-0.25, -0.2) is 0 Å². The van der Waals surface area contributed by atoms with Gasteiger partial charge in [0.05, 0.1) is 11.8 Å². The molecule has 0 radical (unpaired) electrons. The molecule has 70 valence electrons. The minimum Gasteiger partial charge on any atom is -0.481 e.